The monoisotopic (exact) mass is 381 g/mol. The largest absolute Gasteiger partial charge is 0.349 e. The summed E-state index contributed by atoms with van der Waals surface area (Å²) in [5, 5.41) is 3.86. The van der Waals surface area contributed by atoms with Crippen LogP contribution in [0.1, 0.15) is 43.5 Å². The summed E-state index contributed by atoms with van der Waals surface area (Å²) in [6.45, 7) is 1.07. The van der Waals surface area contributed by atoms with Crippen LogP contribution in [0.4, 0.5) is 0 Å². The fourth-order valence-corrected chi connectivity index (χ4v) is 4.10. The Labute approximate surface area is 164 Å². The van der Waals surface area contributed by atoms with E-state index in [4.69, 9.17) is 16.6 Å². The summed E-state index contributed by atoms with van der Waals surface area (Å²) in [7, 11) is 0. The van der Waals surface area contributed by atoms with Crippen molar-refractivity contribution in [3.63, 3.8) is 0 Å². The second-order valence-corrected chi connectivity index (χ2v) is 7.65. The highest BCUT2D eigenvalue weighted by atomic mass is 35.5. The van der Waals surface area contributed by atoms with E-state index < -0.39 is 0 Å². The van der Waals surface area contributed by atoms with Gasteiger partial charge in [-0.25, -0.2) is 4.98 Å². The summed E-state index contributed by atoms with van der Waals surface area (Å²) in [5.41, 5.74) is 3.04. The minimum Gasteiger partial charge on any atom is -0.349 e. The van der Waals surface area contributed by atoms with Gasteiger partial charge in [0.2, 0.25) is 5.91 Å². The van der Waals surface area contributed by atoms with Crippen LogP contribution >= 0.6 is 11.6 Å². The van der Waals surface area contributed by atoms with Crippen LogP contribution in [0, 0.1) is 5.92 Å². The predicted molar refractivity (Wildman–Crippen MR) is 109 cm³/mol. The van der Waals surface area contributed by atoms with Crippen LogP contribution < -0.4 is 5.32 Å². The van der Waals surface area contributed by atoms with Crippen molar-refractivity contribution >= 4 is 28.5 Å². The van der Waals surface area contributed by atoms with Crippen molar-refractivity contribution < 1.29 is 4.79 Å². The van der Waals surface area contributed by atoms with Gasteiger partial charge in [0, 0.05) is 10.9 Å². The highest BCUT2D eigenvalue weighted by Gasteiger charge is 2.21. The first-order valence-electron chi connectivity index (χ1n) is 9.67. The molecule has 4 nitrogen and oxygen atoms in total. The zero-order valence-corrected chi connectivity index (χ0v) is 16.1. The molecule has 0 bridgehead atoms. The number of nitrogens with zero attached hydrogens (tertiary/aromatic N) is 2. The summed E-state index contributed by atoms with van der Waals surface area (Å²) in [6, 6.07) is 15.9. The fourth-order valence-electron chi connectivity index (χ4n) is 3.91. The van der Waals surface area contributed by atoms with Gasteiger partial charge in [-0.3, -0.25) is 4.79 Å². The van der Waals surface area contributed by atoms with E-state index in [9.17, 15) is 4.79 Å². The van der Waals surface area contributed by atoms with Crippen LogP contribution in [0.5, 0.6) is 0 Å². The summed E-state index contributed by atoms with van der Waals surface area (Å²) < 4.78 is 2.15. The smallest absolute Gasteiger partial charge is 0.223 e. The van der Waals surface area contributed by atoms with Crippen molar-refractivity contribution in [2.45, 2.75) is 45.2 Å². The maximum absolute atomic E-state index is 12.5. The van der Waals surface area contributed by atoms with Gasteiger partial charge in [0.15, 0.2) is 0 Å². The molecule has 3 aromatic rings. The van der Waals surface area contributed by atoms with Crippen molar-refractivity contribution in [3.8, 4) is 0 Å². The van der Waals surface area contributed by atoms with Gasteiger partial charge < -0.3 is 9.88 Å². The van der Waals surface area contributed by atoms with Crippen LogP contribution in [0.3, 0.4) is 0 Å². The number of fused-ring (bicyclic) bond motifs is 1. The lowest BCUT2D eigenvalue weighted by atomic mass is 9.89. The molecule has 0 aliphatic heterocycles. The lowest BCUT2D eigenvalue weighted by molar-refractivity contribution is -0.126. The van der Waals surface area contributed by atoms with Crippen molar-refractivity contribution in [1.82, 2.24) is 14.9 Å². The first-order valence-corrected chi connectivity index (χ1v) is 10.1. The molecule has 1 amide bonds. The van der Waals surface area contributed by atoms with Gasteiger partial charge in [-0.1, -0.05) is 61.2 Å². The standard InChI is InChI=1S/C22H24ClN3O/c23-18-11-5-4-10-17(18)15-26-20-13-7-6-12-19(20)25-21(26)14-24-22(27)16-8-2-1-3-9-16/h4-7,10-13,16H,1-3,8-9,14-15H2,(H,24,27). The van der Waals surface area contributed by atoms with Crippen LogP contribution in [0.2, 0.25) is 5.02 Å². The lowest BCUT2D eigenvalue weighted by Crippen LogP contribution is -2.32. The molecule has 0 saturated heterocycles. The number of benzene rings is 2. The first kappa shape index (κ1) is 18.1. The molecule has 140 valence electrons. The van der Waals surface area contributed by atoms with Crippen molar-refractivity contribution in [1.29, 1.82) is 0 Å². The van der Waals surface area contributed by atoms with Crippen molar-refractivity contribution in [3.05, 3.63) is 64.9 Å². The van der Waals surface area contributed by atoms with E-state index in [1.54, 1.807) is 0 Å². The Balaban J connectivity index is 1.58. The van der Waals surface area contributed by atoms with E-state index in [1.807, 2.05) is 42.5 Å². The summed E-state index contributed by atoms with van der Waals surface area (Å²) in [4.78, 5) is 17.3. The number of carbonyl (C=O) groups is 1. The molecule has 0 atom stereocenters. The Morgan fingerprint density at radius 3 is 2.63 bits per heavy atom. The molecule has 1 aliphatic carbocycles. The Kier molecular flexibility index (Phi) is 5.44. The third-order valence-corrected chi connectivity index (χ3v) is 5.79. The topological polar surface area (TPSA) is 46.9 Å². The molecular weight excluding hydrogens is 358 g/mol. The number of amides is 1. The van der Waals surface area contributed by atoms with Crippen molar-refractivity contribution in [2.75, 3.05) is 0 Å². The number of para-hydroxylation sites is 2. The average molecular weight is 382 g/mol. The average Bonchev–Trinajstić information content (AvgIpc) is 3.06. The maximum atomic E-state index is 12.5. The molecule has 1 aromatic heterocycles. The van der Waals surface area contributed by atoms with Crippen molar-refractivity contribution in [2.24, 2.45) is 5.92 Å². The third kappa shape index (κ3) is 4.01. The van der Waals surface area contributed by atoms with Gasteiger partial charge in [0.1, 0.15) is 5.82 Å². The number of imidazole rings is 1. The highest BCUT2D eigenvalue weighted by Crippen LogP contribution is 2.24. The molecule has 4 rings (SSSR count). The molecule has 27 heavy (non-hydrogen) atoms. The maximum Gasteiger partial charge on any atom is 0.223 e. The van der Waals surface area contributed by atoms with E-state index in [-0.39, 0.29) is 11.8 Å². The molecule has 2 aromatic carbocycles. The third-order valence-electron chi connectivity index (χ3n) is 5.42. The zero-order chi connectivity index (χ0) is 18.6. The van der Waals surface area contributed by atoms with Gasteiger partial charge in [0.05, 0.1) is 24.1 Å². The van der Waals surface area contributed by atoms with E-state index >= 15 is 0 Å². The molecular formula is C22H24ClN3O. The Morgan fingerprint density at radius 1 is 1.07 bits per heavy atom. The molecule has 1 saturated carbocycles. The van der Waals surface area contributed by atoms with Gasteiger partial charge in [0.25, 0.3) is 0 Å². The normalized spacial score (nSPS) is 15.1. The minimum atomic E-state index is 0.153. The number of hydrogen-bond acceptors (Lipinski definition) is 2. The Bertz CT molecular complexity index is 944. The van der Waals surface area contributed by atoms with Gasteiger partial charge >= 0.3 is 0 Å². The molecule has 1 fully saturated rings. The summed E-state index contributed by atoms with van der Waals surface area (Å²) in [6.07, 6.45) is 5.56. The van der Waals surface area contributed by atoms with Gasteiger partial charge in [-0.05, 0) is 36.6 Å². The number of nitrogens with one attached hydrogen (secondary N) is 1. The molecule has 5 heteroatoms. The first-order chi connectivity index (χ1) is 13.2. The second-order valence-electron chi connectivity index (χ2n) is 7.25. The van der Waals surface area contributed by atoms with Gasteiger partial charge in [-0.15, -0.1) is 0 Å². The number of carbonyl (C=O) groups excluding carboxylic acids is 1. The number of rotatable bonds is 5. The summed E-state index contributed by atoms with van der Waals surface area (Å²) >= 11 is 6.37. The van der Waals surface area contributed by atoms with E-state index in [2.05, 4.69) is 16.0 Å². The number of aromatic nitrogens is 2. The number of hydrogen-bond donors (Lipinski definition) is 1. The highest BCUT2D eigenvalue weighted by molar-refractivity contribution is 6.31. The quantitative estimate of drug-likeness (QED) is 0.680. The summed E-state index contributed by atoms with van der Waals surface area (Å²) in [5.74, 6) is 1.17. The Morgan fingerprint density at radius 2 is 1.81 bits per heavy atom. The Hall–Kier alpha value is -2.33. The van der Waals surface area contributed by atoms with E-state index in [0.717, 1.165) is 53.1 Å². The fraction of sp³-hybridized carbons (Fsp3) is 0.364. The molecule has 0 radical (unpaired) electrons. The zero-order valence-electron chi connectivity index (χ0n) is 15.3. The van der Waals surface area contributed by atoms with Crippen LogP contribution in [0.15, 0.2) is 48.5 Å². The predicted octanol–water partition coefficient (Wildman–Crippen LogP) is 4.93. The SMILES string of the molecule is O=C(NCc1nc2ccccc2n1Cc1ccccc1Cl)C1CCCCC1. The van der Waals surface area contributed by atoms with Crippen LogP contribution in [-0.4, -0.2) is 15.5 Å². The van der Waals surface area contributed by atoms with Crippen LogP contribution in [-0.2, 0) is 17.9 Å². The molecule has 0 unspecified atom stereocenters. The molecule has 1 aliphatic rings. The van der Waals surface area contributed by atoms with E-state index in [0.29, 0.717) is 13.1 Å². The van der Waals surface area contributed by atoms with Gasteiger partial charge in [-0.2, -0.15) is 0 Å². The molecule has 0 spiro atoms. The number of halogens is 1. The van der Waals surface area contributed by atoms with E-state index in [1.165, 1.54) is 6.42 Å². The van der Waals surface area contributed by atoms with Crippen LogP contribution in [0.25, 0.3) is 11.0 Å². The molecule has 1 heterocycles. The molecule has 1 N–H and O–H groups in total. The lowest BCUT2D eigenvalue weighted by Gasteiger charge is -2.20. The minimum absolute atomic E-state index is 0.153. The second kappa shape index (κ2) is 8.13.